The van der Waals surface area contributed by atoms with Gasteiger partial charge in [-0.3, -0.25) is 4.68 Å². The molecular formula is C14H16ClN3O3. The van der Waals surface area contributed by atoms with Crippen LogP contribution in [0.2, 0.25) is 5.02 Å². The third-order valence-electron chi connectivity index (χ3n) is 3.38. The Hall–Kier alpha value is -1.79. The van der Waals surface area contributed by atoms with Crippen LogP contribution in [-0.2, 0) is 13.0 Å². The van der Waals surface area contributed by atoms with Crippen LogP contribution in [0.1, 0.15) is 24.4 Å². The van der Waals surface area contributed by atoms with Crippen LogP contribution >= 0.6 is 11.6 Å². The van der Waals surface area contributed by atoms with E-state index >= 15 is 0 Å². The van der Waals surface area contributed by atoms with Crippen molar-refractivity contribution in [3.8, 4) is 11.5 Å². The first-order valence-corrected chi connectivity index (χ1v) is 7.20. The molecule has 0 saturated heterocycles. The second kappa shape index (κ2) is 5.91. The number of aryl methyl sites for hydroxylation is 1. The summed E-state index contributed by atoms with van der Waals surface area (Å²) in [6, 6.07) is 3.46. The summed E-state index contributed by atoms with van der Waals surface area (Å²) in [6.45, 7) is 3.65. The van der Waals surface area contributed by atoms with E-state index in [1.165, 1.54) is 6.33 Å². The highest BCUT2D eigenvalue weighted by molar-refractivity contribution is 6.32. The van der Waals surface area contributed by atoms with Gasteiger partial charge in [-0.1, -0.05) is 11.6 Å². The van der Waals surface area contributed by atoms with Crippen molar-refractivity contribution in [1.29, 1.82) is 0 Å². The van der Waals surface area contributed by atoms with E-state index in [0.29, 0.717) is 48.3 Å². The second-order valence-electron chi connectivity index (χ2n) is 4.74. The Morgan fingerprint density at radius 2 is 2.19 bits per heavy atom. The monoisotopic (exact) mass is 309 g/mol. The Morgan fingerprint density at radius 1 is 1.38 bits per heavy atom. The van der Waals surface area contributed by atoms with Gasteiger partial charge in [0, 0.05) is 13.0 Å². The molecule has 1 atom stereocenters. The Bertz CT molecular complexity index is 644. The van der Waals surface area contributed by atoms with Crippen molar-refractivity contribution in [3.63, 3.8) is 0 Å². The first kappa shape index (κ1) is 14.2. The third-order valence-corrected chi connectivity index (χ3v) is 3.66. The van der Waals surface area contributed by atoms with E-state index in [1.54, 1.807) is 16.8 Å². The molecular weight excluding hydrogens is 294 g/mol. The standard InChI is InChI=1S/C14H16ClN3O3/c1-2-18-13(16-8-17-18)7-11(19)9-5-10(15)14-12(6-9)20-3-4-21-14/h5-6,8,11,19H,2-4,7H2,1H3. The minimum Gasteiger partial charge on any atom is -0.486 e. The lowest BCUT2D eigenvalue weighted by molar-refractivity contribution is 0.163. The lowest BCUT2D eigenvalue weighted by Gasteiger charge is -2.21. The van der Waals surface area contributed by atoms with E-state index in [4.69, 9.17) is 21.1 Å². The number of benzene rings is 1. The van der Waals surface area contributed by atoms with Crippen LogP contribution in [0.3, 0.4) is 0 Å². The molecule has 3 rings (SSSR count). The van der Waals surface area contributed by atoms with Gasteiger partial charge in [-0.15, -0.1) is 0 Å². The molecule has 112 valence electrons. The number of hydrogen-bond acceptors (Lipinski definition) is 5. The highest BCUT2D eigenvalue weighted by Gasteiger charge is 2.20. The van der Waals surface area contributed by atoms with Crippen LogP contribution in [0, 0.1) is 0 Å². The maximum absolute atomic E-state index is 10.4. The number of aromatic nitrogens is 3. The van der Waals surface area contributed by atoms with Crippen LogP contribution in [0.4, 0.5) is 0 Å². The molecule has 1 N–H and O–H groups in total. The molecule has 0 radical (unpaired) electrons. The van der Waals surface area contributed by atoms with E-state index in [0.717, 1.165) is 5.82 Å². The normalized spacial score (nSPS) is 15.0. The number of halogens is 1. The molecule has 0 bridgehead atoms. The van der Waals surface area contributed by atoms with E-state index in [-0.39, 0.29) is 0 Å². The van der Waals surface area contributed by atoms with Crippen molar-refractivity contribution in [2.24, 2.45) is 0 Å². The number of fused-ring (bicyclic) bond motifs is 1. The van der Waals surface area contributed by atoms with Crippen LogP contribution in [-0.4, -0.2) is 33.1 Å². The van der Waals surface area contributed by atoms with Crippen molar-refractivity contribution in [2.75, 3.05) is 13.2 Å². The van der Waals surface area contributed by atoms with E-state index in [1.807, 2.05) is 6.92 Å². The van der Waals surface area contributed by atoms with Crippen LogP contribution in [0.5, 0.6) is 11.5 Å². The lowest BCUT2D eigenvalue weighted by Crippen LogP contribution is -2.16. The highest BCUT2D eigenvalue weighted by atomic mass is 35.5. The van der Waals surface area contributed by atoms with Gasteiger partial charge in [-0.25, -0.2) is 4.98 Å². The van der Waals surface area contributed by atoms with Crippen LogP contribution in [0.15, 0.2) is 18.5 Å². The molecule has 1 aliphatic rings. The van der Waals surface area contributed by atoms with Crippen molar-refractivity contribution in [1.82, 2.24) is 14.8 Å². The molecule has 0 aliphatic carbocycles. The Balaban J connectivity index is 1.84. The largest absolute Gasteiger partial charge is 0.486 e. The van der Waals surface area contributed by atoms with Gasteiger partial charge in [-0.05, 0) is 24.6 Å². The maximum Gasteiger partial charge on any atom is 0.179 e. The molecule has 7 heteroatoms. The number of aliphatic hydroxyl groups excluding tert-OH is 1. The number of nitrogens with zero attached hydrogens (tertiary/aromatic N) is 3. The molecule has 6 nitrogen and oxygen atoms in total. The van der Waals surface area contributed by atoms with Gasteiger partial charge in [0.05, 0.1) is 11.1 Å². The summed E-state index contributed by atoms with van der Waals surface area (Å²) in [5, 5.41) is 14.9. The molecule has 0 spiro atoms. The van der Waals surface area contributed by atoms with Crippen molar-refractivity contribution in [2.45, 2.75) is 26.0 Å². The summed E-state index contributed by atoms with van der Waals surface area (Å²) in [5.41, 5.74) is 0.676. The summed E-state index contributed by atoms with van der Waals surface area (Å²) in [4.78, 5) is 4.17. The fraction of sp³-hybridized carbons (Fsp3) is 0.429. The molecule has 1 aromatic heterocycles. The summed E-state index contributed by atoms with van der Waals surface area (Å²) in [5.74, 6) is 1.84. The zero-order chi connectivity index (χ0) is 14.8. The number of aliphatic hydroxyl groups is 1. The first-order chi connectivity index (χ1) is 10.2. The molecule has 1 unspecified atom stereocenters. The zero-order valence-electron chi connectivity index (χ0n) is 11.6. The van der Waals surface area contributed by atoms with E-state index in [2.05, 4.69) is 10.1 Å². The van der Waals surface area contributed by atoms with Gasteiger partial charge in [0.1, 0.15) is 25.4 Å². The smallest absolute Gasteiger partial charge is 0.179 e. The van der Waals surface area contributed by atoms with Gasteiger partial charge < -0.3 is 14.6 Å². The maximum atomic E-state index is 10.4. The molecule has 2 aromatic rings. The summed E-state index contributed by atoms with van der Waals surface area (Å²) < 4.78 is 12.7. The first-order valence-electron chi connectivity index (χ1n) is 6.82. The lowest BCUT2D eigenvalue weighted by atomic mass is 10.1. The van der Waals surface area contributed by atoms with Gasteiger partial charge >= 0.3 is 0 Å². The molecule has 21 heavy (non-hydrogen) atoms. The number of rotatable bonds is 4. The Labute approximate surface area is 127 Å². The number of ether oxygens (including phenoxy) is 2. The van der Waals surface area contributed by atoms with Gasteiger partial charge in [0.25, 0.3) is 0 Å². The predicted octanol–water partition coefficient (Wildman–Crippen LogP) is 2.00. The fourth-order valence-electron chi connectivity index (χ4n) is 2.32. The molecule has 1 aliphatic heterocycles. The van der Waals surface area contributed by atoms with Crippen molar-refractivity contribution in [3.05, 3.63) is 34.9 Å². The minimum absolute atomic E-state index is 0.365. The van der Waals surface area contributed by atoms with Crippen LogP contribution in [0.25, 0.3) is 0 Å². The Morgan fingerprint density at radius 3 is 3.00 bits per heavy atom. The topological polar surface area (TPSA) is 69.4 Å². The average Bonchev–Trinajstić information content (AvgIpc) is 2.94. The van der Waals surface area contributed by atoms with Gasteiger partial charge in [0.2, 0.25) is 0 Å². The highest BCUT2D eigenvalue weighted by Crippen LogP contribution is 2.40. The summed E-state index contributed by atoms with van der Waals surface area (Å²) >= 11 is 6.18. The summed E-state index contributed by atoms with van der Waals surface area (Å²) in [6.07, 6.45) is 1.12. The average molecular weight is 310 g/mol. The van der Waals surface area contributed by atoms with Gasteiger partial charge in [0.15, 0.2) is 11.5 Å². The number of hydrogen-bond donors (Lipinski definition) is 1. The van der Waals surface area contributed by atoms with Gasteiger partial charge in [-0.2, -0.15) is 5.10 Å². The predicted molar refractivity (Wildman–Crippen MR) is 76.8 cm³/mol. The molecule has 1 aromatic carbocycles. The molecule has 0 amide bonds. The minimum atomic E-state index is -0.729. The fourth-order valence-corrected chi connectivity index (χ4v) is 2.60. The van der Waals surface area contributed by atoms with E-state index in [9.17, 15) is 5.11 Å². The van der Waals surface area contributed by atoms with Crippen molar-refractivity contribution >= 4 is 11.6 Å². The van der Waals surface area contributed by atoms with Crippen molar-refractivity contribution < 1.29 is 14.6 Å². The third kappa shape index (κ3) is 2.82. The molecule has 2 heterocycles. The quantitative estimate of drug-likeness (QED) is 0.935. The van der Waals surface area contributed by atoms with E-state index < -0.39 is 6.10 Å². The molecule has 0 saturated carbocycles. The summed E-state index contributed by atoms with van der Waals surface area (Å²) in [7, 11) is 0. The Kier molecular flexibility index (Phi) is 3.98. The molecule has 0 fully saturated rings. The SMILES string of the molecule is CCn1ncnc1CC(O)c1cc(Cl)c2c(c1)OCCO2. The zero-order valence-corrected chi connectivity index (χ0v) is 12.4. The van der Waals surface area contributed by atoms with Crippen LogP contribution < -0.4 is 9.47 Å². The second-order valence-corrected chi connectivity index (χ2v) is 5.15.